The molecular weight excluding hydrogens is 262 g/mol. The normalized spacial score (nSPS) is 11.9. The van der Waals surface area contributed by atoms with Crippen molar-refractivity contribution in [2.75, 3.05) is 12.3 Å². The number of carbonyl (C=O) groups is 1. The highest BCUT2D eigenvalue weighted by Crippen LogP contribution is 2.17. The van der Waals surface area contributed by atoms with Gasteiger partial charge in [-0.15, -0.1) is 0 Å². The van der Waals surface area contributed by atoms with Gasteiger partial charge in [0.1, 0.15) is 0 Å². The highest BCUT2D eigenvalue weighted by atomic mass is 16.1. The van der Waals surface area contributed by atoms with E-state index in [0.717, 1.165) is 6.42 Å². The smallest absolute Gasteiger partial charge is 0.253 e. The fraction of sp³-hybridized carbons (Fsp3) is 0.294. The quantitative estimate of drug-likeness (QED) is 0.886. The van der Waals surface area contributed by atoms with Crippen LogP contribution in [-0.4, -0.2) is 17.4 Å². The topological polar surface area (TPSA) is 68.0 Å². The number of nitrogen functional groups attached to an aromatic ring is 1. The van der Waals surface area contributed by atoms with Crippen molar-refractivity contribution in [3.05, 3.63) is 59.4 Å². The first-order valence-corrected chi connectivity index (χ1v) is 7.13. The molecule has 1 amide bonds. The summed E-state index contributed by atoms with van der Waals surface area (Å²) in [7, 11) is 0. The molecule has 0 saturated heterocycles. The summed E-state index contributed by atoms with van der Waals surface area (Å²) in [6.45, 7) is 4.60. The molecule has 1 unspecified atom stereocenters. The molecule has 1 heterocycles. The molecule has 0 aliphatic heterocycles. The summed E-state index contributed by atoms with van der Waals surface area (Å²) in [5, 5.41) is 2.93. The number of hydrogen-bond donors (Lipinski definition) is 2. The van der Waals surface area contributed by atoms with Crippen LogP contribution in [0.4, 0.5) is 5.69 Å². The van der Waals surface area contributed by atoms with Gasteiger partial charge in [-0.3, -0.25) is 9.78 Å². The van der Waals surface area contributed by atoms with E-state index in [-0.39, 0.29) is 5.91 Å². The van der Waals surface area contributed by atoms with E-state index < -0.39 is 0 Å². The van der Waals surface area contributed by atoms with E-state index >= 15 is 0 Å². The van der Waals surface area contributed by atoms with Crippen LogP contribution < -0.4 is 11.1 Å². The molecule has 0 aliphatic rings. The van der Waals surface area contributed by atoms with Crippen LogP contribution in [0.25, 0.3) is 0 Å². The van der Waals surface area contributed by atoms with Crippen LogP contribution >= 0.6 is 0 Å². The number of amides is 1. The van der Waals surface area contributed by atoms with Gasteiger partial charge in [-0.1, -0.05) is 37.3 Å². The maximum atomic E-state index is 12.1. The molecular formula is C17H21N3O. The van der Waals surface area contributed by atoms with Crippen LogP contribution in [0.3, 0.4) is 0 Å². The van der Waals surface area contributed by atoms with Gasteiger partial charge in [0.15, 0.2) is 0 Å². The molecule has 1 aromatic carbocycles. The van der Waals surface area contributed by atoms with Crippen LogP contribution in [-0.2, 0) is 0 Å². The predicted molar refractivity (Wildman–Crippen MR) is 85.2 cm³/mol. The van der Waals surface area contributed by atoms with Gasteiger partial charge in [0.2, 0.25) is 0 Å². The molecule has 0 bridgehead atoms. The van der Waals surface area contributed by atoms with Crippen LogP contribution in [0, 0.1) is 6.92 Å². The summed E-state index contributed by atoms with van der Waals surface area (Å²) in [5.74, 6) is 0.291. The van der Waals surface area contributed by atoms with E-state index in [1.54, 1.807) is 19.2 Å². The van der Waals surface area contributed by atoms with E-state index in [0.29, 0.717) is 29.4 Å². The van der Waals surface area contributed by atoms with Crippen LogP contribution in [0.15, 0.2) is 42.6 Å². The monoisotopic (exact) mass is 283 g/mol. The number of nitrogens with one attached hydrogen (secondary N) is 1. The van der Waals surface area contributed by atoms with Crippen molar-refractivity contribution >= 4 is 11.6 Å². The Morgan fingerprint density at radius 3 is 2.76 bits per heavy atom. The van der Waals surface area contributed by atoms with E-state index in [1.165, 1.54) is 5.56 Å². The number of carbonyl (C=O) groups excluding carboxylic acids is 1. The lowest BCUT2D eigenvalue weighted by Gasteiger charge is -2.13. The minimum atomic E-state index is -0.118. The van der Waals surface area contributed by atoms with Gasteiger partial charge in [0.25, 0.3) is 5.91 Å². The van der Waals surface area contributed by atoms with E-state index in [1.807, 2.05) is 18.2 Å². The minimum Gasteiger partial charge on any atom is -0.397 e. The van der Waals surface area contributed by atoms with Gasteiger partial charge in [-0.2, -0.15) is 0 Å². The number of aryl methyl sites for hydroxylation is 1. The predicted octanol–water partition coefficient (Wildman–Crippen LogP) is 2.90. The fourth-order valence-corrected chi connectivity index (χ4v) is 2.22. The highest BCUT2D eigenvalue weighted by molar-refractivity contribution is 5.95. The number of aromatic nitrogens is 1. The third kappa shape index (κ3) is 4.05. The molecule has 3 N–H and O–H groups in total. The SMILES string of the molecule is Cc1ncc(N)cc1C(=O)NCCC(C)c1ccccc1. The molecule has 21 heavy (non-hydrogen) atoms. The minimum absolute atomic E-state index is 0.118. The molecule has 0 fully saturated rings. The van der Waals surface area contributed by atoms with Crippen molar-refractivity contribution < 1.29 is 4.79 Å². The third-order valence-electron chi connectivity index (χ3n) is 3.58. The maximum absolute atomic E-state index is 12.1. The average Bonchev–Trinajstić information content (AvgIpc) is 2.50. The van der Waals surface area contributed by atoms with Crippen molar-refractivity contribution in [2.24, 2.45) is 0 Å². The summed E-state index contributed by atoms with van der Waals surface area (Å²) in [6.07, 6.45) is 2.45. The molecule has 1 aromatic heterocycles. The molecule has 2 aromatic rings. The molecule has 2 rings (SSSR count). The molecule has 1 atom stereocenters. The third-order valence-corrected chi connectivity index (χ3v) is 3.58. The van der Waals surface area contributed by atoms with Crippen molar-refractivity contribution in [3.8, 4) is 0 Å². The van der Waals surface area contributed by atoms with Crippen LogP contribution in [0.1, 0.15) is 40.9 Å². The summed E-state index contributed by atoms with van der Waals surface area (Å²) >= 11 is 0. The first-order chi connectivity index (χ1) is 10.1. The molecule has 0 radical (unpaired) electrons. The highest BCUT2D eigenvalue weighted by Gasteiger charge is 2.11. The van der Waals surface area contributed by atoms with Crippen molar-refractivity contribution in [2.45, 2.75) is 26.2 Å². The Bertz CT molecular complexity index is 611. The van der Waals surface area contributed by atoms with Crippen LogP contribution in [0.2, 0.25) is 0 Å². The van der Waals surface area contributed by atoms with Crippen molar-refractivity contribution in [1.82, 2.24) is 10.3 Å². The fourth-order valence-electron chi connectivity index (χ4n) is 2.22. The van der Waals surface area contributed by atoms with E-state index in [9.17, 15) is 4.79 Å². The molecule has 0 spiro atoms. The summed E-state index contributed by atoms with van der Waals surface area (Å²) in [6, 6.07) is 12.0. The van der Waals surface area contributed by atoms with Gasteiger partial charge < -0.3 is 11.1 Å². The van der Waals surface area contributed by atoms with Crippen molar-refractivity contribution in [1.29, 1.82) is 0 Å². The first-order valence-electron chi connectivity index (χ1n) is 7.13. The Morgan fingerprint density at radius 1 is 1.33 bits per heavy atom. The first kappa shape index (κ1) is 15.0. The molecule has 110 valence electrons. The molecule has 0 aliphatic carbocycles. The maximum Gasteiger partial charge on any atom is 0.253 e. The van der Waals surface area contributed by atoms with E-state index in [4.69, 9.17) is 5.73 Å². The molecule has 4 nitrogen and oxygen atoms in total. The number of rotatable bonds is 5. The summed E-state index contributed by atoms with van der Waals surface area (Å²) in [4.78, 5) is 16.2. The number of benzene rings is 1. The van der Waals surface area contributed by atoms with Gasteiger partial charge >= 0.3 is 0 Å². The Balaban J connectivity index is 1.88. The lowest BCUT2D eigenvalue weighted by molar-refractivity contribution is 0.0951. The van der Waals surface area contributed by atoms with Gasteiger partial charge in [-0.05, 0) is 30.9 Å². The zero-order valence-corrected chi connectivity index (χ0v) is 12.5. The number of hydrogen-bond acceptors (Lipinski definition) is 3. The zero-order valence-electron chi connectivity index (χ0n) is 12.5. The van der Waals surface area contributed by atoms with Gasteiger partial charge in [0.05, 0.1) is 23.1 Å². The average molecular weight is 283 g/mol. The van der Waals surface area contributed by atoms with Crippen molar-refractivity contribution in [3.63, 3.8) is 0 Å². The Kier molecular flexibility index (Phi) is 4.93. The van der Waals surface area contributed by atoms with E-state index in [2.05, 4.69) is 29.4 Å². The molecule has 0 saturated carbocycles. The summed E-state index contributed by atoms with van der Waals surface area (Å²) < 4.78 is 0. The lowest BCUT2D eigenvalue weighted by atomic mass is 9.98. The largest absolute Gasteiger partial charge is 0.397 e. The Morgan fingerprint density at radius 2 is 2.05 bits per heavy atom. The second kappa shape index (κ2) is 6.88. The second-order valence-corrected chi connectivity index (χ2v) is 5.26. The number of nitrogens with two attached hydrogens (primary N) is 1. The number of anilines is 1. The van der Waals surface area contributed by atoms with Gasteiger partial charge in [-0.25, -0.2) is 0 Å². The number of nitrogens with zero attached hydrogens (tertiary/aromatic N) is 1. The second-order valence-electron chi connectivity index (χ2n) is 5.26. The lowest BCUT2D eigenvalue weighted by Crippen LogP contribution is -2.26. The van der Waals surface area contributed by atoms with Gasteiger partial charge in [0, 0.05) is 6.54 Å². The number of pyridine rings is 1. The standard InChI is InChI=1S/C17H21N3O/c1-12(14-6-4-3-5-7-14)8-9-19-17(21)16-10-15(18)11-20-13(16)2/h3-7,10-12H,8-9,18H2,1-2H3,(H,19,21). The van der Waals surface area contributed by atoms with Crippen LogP contribution in [0.5, 0.6) is 0 Å². The summed E-state index contributed by atoms with van der Waals surface area (Å²) in [5.41, 5.74) is 8.70. The zero-order chi connectivity index (χ0) is 15.2. The molecule has 4 heteroatoms. The Hall–Kier alpha value is -2.36. The Labute approximate surface area is 125 Å².